The molecule has 106 valence electrons. The Morgan fingerprint density at radius 1 is 1.25 bits per heavy atom. The van der Waals surface area contributed by atoms with E-state index in [0.29, 0.717) is 0 Å². The van der Waals surface area contributed by atoms with Gasteiger partial charge in [0.15, 0.2) is 0 Å². The fourth-order valence-corrected chi connectivity index (χ4v) is 3.01. The number of aliphatic hydroxyl groups excluding tert-OH is 1. The second-order valence-electron chi connectivity index (χ2n) is 5.81. The Balaban J connectivity index is 2.09. The van der Waals surface area contributed by atoms with Crippen LogP contribution in [0.2, 0.25) is 0 Å². The van der Waals surface area contributed by atoms with E-state index in [9.17, 15) is 5.11 Å². The van der Waals surface area contributed by atoms with Crippen LogP contribution in [-0.2, 0) is 0 Å². The van der Waals surface area contributed by atoms with Crippen LogP contribution in [0.5, 0.6) is 0 Å². The Labute approximate surface area is 120 Å². The molecule has 1 aromatic rings. The molecule has 1 unspecified atom stereocenters. The van der Waals surface area contributed by atoms with Gasteiger partial charge < -0.3 is 15.3 Å². The molecule has 0 aliphatic carbocycles. The van der Waals surface area contributed by atoms with E-state index in [1.54, 1.807) is 0 Å². The Kier molecular flexibility index (Phi) is 3.40. The van der Waals surface area contributed by atoms with Gasteiger partial charge >= 0.3 is 0 Å². The minimum atomic E-state index is -0.470. The van der Waals surface area contributed by atoms with Gasteiger partial charge in [-0.05, 0) is 54.6 Å². The van der Waals surface area contributed by atoms with Crippen LogP contribution in [0.1, 0.15) is 23.1 Å². The number of hydrogen-bond acceptors (Lipinski definition) is 3. The second-order valence-corrected chi connectivity index (χ2v) is 5.81. The fourth-order valence-electron chi connectivity index (χ4n) is 3.01. The van der Waals surface area contributed by atoms with Crippen LogP contribution in [0.15, 0.2) is 35.5 Å². The molecular weight excluding hydrogens is 248 g/mol. The molecule has 0 saturated carbocycles. The van der Waals surface area contributed by atoms with E-state index in [2.05, 4.69) is 43.6 Å². The predicted octanol–water partition coefficient (Wildman–Crippen LogP) is 2.20. The van der Waals surface area contributed by atoms with Crippen LogP contribution >= 0.6 is 0 Å². The van der Waals surface area contributed by atoms with Crippen molar-refractivity contribution >= 4 is 5.57 Å². The van der Waals surface area contributed by atoms with Crippen molar-refractivity contribution in [3.63, 3.8) is 0 Å². The minimum absolute atomic E-state index is 0.470. The van der Waals surface area contributed by atoms with Crippen molar-refractivity contribution in [1.82, 2.24) is 10.2 Å². The Morgan fingerprint density at radius 3 is 2.80 bits per heavy atom. The number of nitrogens with one attached hydrogen (secondary N) is 1. The molecule has 3 heteroatoms. The molecule has 20 heavy (non-hydrogen) atoms. The molecular formula is C17H22N2O. The zero-order valence-electron chi connectivity index (χ0n) is 12.4. The highest BCUT2D eigenvalue weighted by Gasteiger charge is 2.28. The molecule has 2 aliphatic heterocycles. The number of nitrogens with zero attached hydrogens (tertiary/aromatic N) is 1. The smallest absolute Gasteiger partial charge is 0.149 e. The number of aliphatic hydroxyl groups is 1. The van der Waals surface area contributed by atoms with Gasteiger partial charge in [-0.2, -0.15) is 0 Å². The van der Waals surface area contributed by atoms with Gasteiger partial charge in [0.25, 0.3) is 0 Å². The summed E-state index contributed by atoms with van der Waals surface area (Å²) in [6.07, 6.45) is 2.52. The highest BCUT2D eigenvalue weighted by molar-refractivity contribution is 5.82. The average molecular weight is 270 g/mol. The second kappa shape index (κ2) is 5.08. The maximum Gasteiger partial charge on any atom is 0.149 e. The summed E-state index contributed by atoms with van der Waals surface area (Å²) in [7, 11) is 1.94. The van der Waals surface area contributed by atoms with Gasteiger partial charge in [0.05, 0.1) is 0 Å². The van der Waals surface area contributed by atoms with Crippen LogP contribution in [0.4, 0.5) is 0 Å². The van der Waals surface area contributed by atoms with Gasteiger partial charge in [-0.15, -0.1) is 0 Å². The first-order chi connectivity index (χ1) is 9.58. The van der Waals surface area contributed by atoms with E-state index in [4.69, 9.17) is 0 Å². The topological polar surface area (TPSA) is 35.5 Å². The summed E-state index contributed by atoms with van der Waals surface area (Å²) in [5.41, 5.74) is 7.54. The van der Waals surface area contributed by atoms with Crippen LogP contribution in [0, 0.1) is 13.8 Å². The number of rotatable bonds is 1. The molecule has 2 heterocycles. The summed E-state index contributed by atoms with van der Waals surface area (Å²) < 4.78 is 0. The predicted molar refractivity (Wildman–Crippen MR) is 82.2 cm³/mol. The Bertz CT molecular complexity index is 601. The highest BCUT2D eigenvalue weighted by atomic mass is 16.3. The Morgan fingerprint density at radius 2 is 2.05 bits per heavy atom. The summed E-state index contributed by atoms with van der Waals surface area (Å²) in [4.78, 5) is 1.91. The lowest BCUT2D eigenvalue weighted by atomic mass is 9.86. The van der Waals surface area contributed by atoms with E-state index in [1.807, 2.05) is 11.9 Å². The van der Waals surface area contributed by atoms with E-state index < -0.39 is 6.23 Å². The third-order valence-corrected chi connectivity index (χ3v) is 4.43. The van der Waals surface area contributed by atoms with Gasteiger partial charge in [-0.3, -0.25) is 0 Å². The molecule has 0 spiro atoms. The van der Waals surface area contributed by atoms with Gasteiger partial charge in [-0.1, -0.05) is 18.2 Å². The first kappa shape index (κ1) is 13.4. The zero-order valence-corrected chi connectivity index (χ0v) is 12.4. The lowest BCUT2D eigenvalue weighted by molar-refractivity contribution is 0.0811. The number of likely N-dealkylation sites (N-methyl/N-ethyl adjacent to an activating group) is 1. The first-order valence-electron chi connectivity index (χ1n) is 7.20. The molecule has 3 nitrogen and oxygen atoms in total. The first-order valence-corrected chi connectivity index (χ1v) is 7.20. The summed E-state index contributed by atoms with van der Waals surface area (Å²) in [6.45, 7) is 6.08. The third kappa shape index (κ3) is 2.17. The molecule has 0 amide bonds. The monoisotopic (exact) mass is 270 g/mol. The van der Waals surface area contributed by atoms with Crippen molar-refractivity contribution in [1.29, 1.82) is 0 Å². The third-order valence-electron chi connectivity index (χ3n) is 4.43. The largest absolute Gasteiger partial charge is 0.370 e. The zero-order chi connectivity index (χ0) is 14.3. The molecule has 0 aromatic heterocycles. The van der Waals surface area contributed by atoms with Gasteiger partial charge in [0.2, 0.25) is 0 Å². The van der Waals surface area contributed by atoms with Crippen molar-refractivity contribution in [2.75, 3.05) is 20.1 Å². The molecule has 0 saturated heterocycles. The van der Waals surface area contributed by atoms with E-state index in [0.717, 1.165) is 19.5 Å². The van der Waals surface area contributed by atoms with Crippen molar-refractivity contribution < 1.29 is 5.11 Å². The molecule has 1 aromatic carbocycles. The number of hydrogen-bond donors (Lipinski definition) is 2. The van der Waals surface area contributed by atoms with Crippen LogP contribution < -0.4 is 5.32 Å². The lowest BCUT2D eigenvalue weighted by Crippen LogP contribution is -2.39. The molecule has 0 radical (unpaired) electrons. The molecule has 2 N–H and O–H groups in total. The normalized spacial score (nSPS) is 22.7. The quantitative estimate of drug-likeness (QED) is 0.821. The van der Waals surface area contributed by atoms with Crippen molar-refractivity contribution in [2.24, 2.45) is 0 Å². The fraction of sp³-hybridized carbons (Fsp3) is 0.412. The molecule has 3 rings (SSSR count). The van der Waals surface area contributed by atoms with Crippen molar-refractivity contribution in [2.45, 2.75) is 26.5 Å². The van der Waals surface area contributed by atoms with Crippen molar-refractivity contribution in [3.05, 3.63) is 52.2 Å². The summed E-state index contributed by atoms with van der Waals surface area (Å²) in [5, 5.41) is 13.7. The number of aryl methyl sites for hydroxylation is 2. The lowest BCUT2D eigenvalue weighted by Gasteiger charge is -2.36. The van der Waals surface area contributed by atoms with Gasteiger partial charge in [0, 0.05) is 25.4 Å². The summed E-state index contributed by atoms with van der Waals surface area (Å²) in [5.74, 6) is 0. The Hall–Kier alpha value is -1.58. The standard InChI is InChI=1S/C17H22N2O/c1-11-4-5-13(8-12(11)2)16-10-19(3)17(20)14-6-7-18-9-15(14)16/h4-5,8,10,17-18,20H,6-7,9H2,1-3H3. The van der Waals surface area contributed by atoms with E-state index >= 15 is 0 Å². The number of benzene rings is 1. The minimum Gasteiger partial charge on any atom is -0.370 e. The van der Waals surface area contributed by atoms with Crippen LogP contribution in [0.25, 0.3) is 5.57 Å². The van der Waals surface area contributed by atoms with Crippen molar-refractivity contribution in [3.8, 4) is 0 Å². The van der Waals surface area contributed by atoms with Gasteiger partial charge in [-0.25, -0.2) is 0 Å². The van der Waals surface area contributed by atoms with E-state index in [1.165, 1.54) is 33.4 Å². The van der Waals surface area contributed by atoms with Crippen LogP contribution in [0.3, 0.4) is 0 Å². The molecule has 2 aliphatic rings. The van der Waals surface area contributed by atoms with E-state index in [-0.39, 0.29) is 0 Å². The SMILES string of the molecule is Cc1ccc(C2=CN(C)C(O)C3=C2CNCC3)cc1C. The summed E-state index contributed by atoms with van der Waals surface area (Å²) in [6, 6.07) is 6.60. The maximum atomic E-state index is 10.3. The maximum absolute atomic E-state index is 10.3. The molecule has 0 fully saturated rings. The molecule has 0 bridgehead atoms. The molecule has 1 atom stereocenters. The summed E-state index contributed by atoms with van der Waals surface area (Å²) >= 11 is 0. The average Bonchev–Trinajstić information content (AvgIpc) is 2.46. The van der Waals surface area contributed by atoms with Crippen LogP contribution in [-0.4, -0.2) is 36.4 Å². The van der Waals surface area contributed by atoms with Gasteiger partial charge in [0.1, 0.15) is 6.23 Å². The highest BCUT2D eigenvalue weighted by Crippen LogP contribution is 2.35.